The van der Waals surface area contributed by atoms with Crippen LogP contribution in [0.2, 0.25) is 0 Å². The normalized spacial score (nSPS) is 15.0. The molecule has 94 valence electrons. The van der Waals surface area contributed by atoms with Crippen molar-refractivity contribution in [3.8, 4) is 0 Å². The summed E-state index contributed by atoms with van der Waals surface area (Å²) < 4.78 is 5.08. The lowest BCUT2D eigenvalue weighted by molar-refractivity contribution is -0.129. The highest BCUT2D eigenvalue weighted by molar-refractivity contribution is 5.78. The monoisotopic (exact) mass is 237 g/mol. The van der Waals surface area contributed by atoms with Gasteiger partial charge >= 0.3 is 0 Å². The van der Waals surface area contributed by atoms with Gasteiger partial charge in [-0.2, -0.15) is 0 Å². The van der Waals surface area contributed by atoms with Crippen LogP contribution >= 0.6 is 0 Å². The van der Waals surface area contributed by atoms with Crippen LogP contribution in [0.4, 0.5) is 0 Å². The first-order chi connectivity index (χ1) is 8.08. The van der Waals surface area contributed by atoms with Crippen LogP contribution in [0.5, 0.6) is 0 Å². The van der Waals surface area contributed by atoms with E-state index in [-0.39, 0.29) is 5.91 Å². The Hall–Kier alpha value is -1.36. The highest BCUT2D eigenvalue weighted by Crippen LogP contribution is 2.18. The summed E-state index contributed by atoms with van der Waals surface area (Å²) in [6, 6.07) is 0.561. The topological polar surface area (TPSA) is 58.4 Å². The van der Waals surface area contributed by atoms with Crippen molar-refractivity contribution >= 4 is 5.91 Å². The summed E-state index contributed by atoms with van der Waals surface area (Å²) in [6.07, 6.45) is 2.39. The molecule has 0 aromatic carbocycles. The van der Waals surface area contributed by atoms with Gasteiger partial charge in [0, 0.05) is 18.7 Å². The molecule has 0 atom stereocenters. The predicted octanol–water partition coefficient (Wildman–Crippen LogP) is 1.00. The molecule has 1 aliphatic carbocycles. The van der Waals surface area contributed by atoms with Crippen molar-refractivity contribution in [3.05, 3.63) is 17.0 Å². The number of nitrogens with one attached hydrogen (secondary N) is 1. The third kappa shape index (κ3) is 3.06. The van der Waals surface area contributed by atoms with Gasteiger partial charge in [0.05, 0.1) is 18.8 Å². The lowest BCUT2D eigenvalue weighted by Gasteiger charge is -2.17. The molecule has 0 aliphatic heterocycles. The molecule has 0 saturated heterocycles. The minimum absolute atomic E-state index is 0.108. The molecule has 2 rings (SSSR count). The molecule has 0 bridgehead atoms. The molecule has 1 heterocycles. The van der Waals surface area contributed by atoms with E-state index in [1.54, 1.807) is 4.90 Å². The molecule has 0 radical (unpaired) electrons. The van der Waals surface area contributed by atoms with Gasteiger partial charge in [-0.1, -0.05) is 5.16 Å². The molecule has 5 nitrogen and oxygen atoms in total. The quantitative estimate of drug-likeness (QED) is 0.830. The van der Waals surface area contributed by atoms with Crippen LogP contribution in [0, 0.1) is 13.8 Å². The lowest BCUT2D eigenvalue weighted by atomic mass is 10.2. The molecule has 1 aromatic rings. The summed E-state index contributed by atoms with van der Waals surface area (Å²) in [5.74, 6) is 0.897. The lowest BCUT2D eigenvalue weighted by Crippen LogP contribution is -2.36. The molecule has 5 heteroatoms. The Balaban J connectivity index is 1.86. The number of aryl methyl sites for hydroxylation is 2. The smallest absolute Gasteiger partial charge is 0.236 e. The largest absolute Gasteiger partial charge is 0.361 e. The number of amides is 1. The maximum atomic E-state index is 11.8. The fourth-order valence-electron chi connectivity index (χ4n) is 1.71. The van der Waals surface area contributed by atoms with Crippen LogP contribution in [0.15, 0.2) is 4.52 Å². The Bertz CT molecular complexity index is 390. The molecule has 1 fully saturated rings. The average Bonchev–Trinajstić information content (AvgIpc) is 3.08. The van der Waals surface area contributed by atoms with Gasteiger partial charge in [-0.15, -0.1) is 0 Å². The Labute approximate surface area is 101 Å². The van der Waals surface area contributed by atoms with E-state index in [1.807, 2.05) is 20.9 Å². The first kappa shape index (κ1) is 12.1. The molecule has 1 N–H and O–H groups in total. The van der Waals surface area contributed by atoms with E-state index in [2.05, 4.69) is 10.5 Å². The average molecular weight is 237 g/mol. The zero-order valence-electron chi connectivity index (χ0n) is 10.6. The summed E-state index contributed by atoms with van der Waals surface area (Å²) in [4.78, 5) is 13.5. The van der Waals surface area contributed by atoms with Gasteiger partial charge in [-0.05, 0) is 26.7 Å². The third-order valence-corrected chi connectivity index (χ3v) is 3.12. The molecule has 17 heavy (non-hydrogen) atoms. The van der Waals surface area contributed by atoms with Crippen LogP contribution in [-0.4, -0.2) is 35.6 Å². The maximum absolute atomic E-state index is 11.8. The minimum atomic E-state index is 0.108. The van der Waals surface area contributed by atoms with Gasteiger partial charge < -0.3 is 14.7 Å². The SMILES string of the molecule is Cc1noc(C)c1CN(C)C(=O)CNC1CC1. The van der Waals surface area contributed by atoms with Gasteiger partial charge in [-0.3, -0.25) is 4.79 Å². The van der Waals surface area contributed by atoms with Crippen molar-refractivity contribution in [1.29, 1.82) is 0 Å². The summed E-state index contributed by atoms with van der Waals surface area (Å²) >= 11 is 0. The van der Waals surface area contributed by atoms with Crippen molar-refractivity contribution in [2.75, 3.05) is 13.6 Å². The molecule has 1 aliphatic rings. The molecule has 1 saturated carbocycles. The number of hydrogen-bond donors (Lipinski definition) is 1. The van der Waals surface area contributed by atoms with Gasteiger partial charge in [0.2, 0.25) is 5.91 Å². The fraction of sp³-hybridized carbons (Fsp3) is 0.667. The van der Waals surface area contributed by atoms with Gasteiger partial charge in [0.1, 0.15) is 5.76 Å². The Morgan fingerprint density at radius 1 is 1.53 bits per heavy atom. The van der Waals surface area contributed by atoms with Crippen LogP contribution in [0.25, 0.3) is 0 Å². The second-order valence-electron chi connectivity index (χ2n) is 4.71. The third-order valence-electron chi connectivity index (χ3n) is 3.12. The molecule has 0 unspecified atom stereocenters. The maximum Gasteiger partial charge on any atom is 0.236 e. The number of carbonyl (C=O) groups is 1. The Kier molecular flexibility index (Phi) is 3.47. The number of hydrogen-bond acceptors (Lipinski definition) is 4. The predicted molar refractivity (Wildman–Crippen MR) is 63.5 cm³/mol. The van der Waals surface area contributed by atoms with Crippen molar-refractivity contribution < 1.29 is 9.32 Å². The first-order valence-electron chi connectivity index (χ1n) is 5.97. The van der Waals surface area contributed by atoms with Crippen molar-refractivity contribution in [2.45, 2.75) is 39.3 Å². The van der Waals surface area contributed by atoms with Crippen LogP contribution in [0.3, 0.4) is 0 Å². The van der Waals surface area contributed by atoms with E-state index >= 15 is 0 Å². The van der Waals surface area contributed by atoms with Crippen LogP contribution in [0.1, 0.15) is 29.9 Å². The van der Waals surface area contributed by atoms with Crippen LogP contribution in [-0.2, 0) is 11.3 Å². The number of nitrogens with zero attached hydrogens (tertiary/aromatic N) is 2. The highest BCUT2D eigenvalue weighted by Gasteiger charge is 2.22. The van der Waals surface area contributed by atoms with Gasteiger partial charge in [-0.25, -0.2) is 0 Å². The molecule has 0 spiro atoms. The second-order valence-corrected chi connectivity index (χ2v) is 4.71. The summed E-state index contributed by atoms with van der Waals surface area (Å²) in [5.41, 5.74) is 1.87. The minimum Gasteiger partial charge on any atom is -0.361 e. The van der Waals surface area contributed by atoms with Crippen LogP contribution < -0.4 is 5.32 Å². The second kappa shape index (κ2) is 4.87. The Morgan fingerprint density at radius 2 is 2.24 bits per heavy atom. The van der Waals surface area contributed by atoms with E-state index in [0.717, 1.165) is 17.0 Å². The van der Waals surface area contributed by atoms with Crippen molar-refractivity contribution in [3.63, 3.8) is 0 Å². The number of aromatic nitrogens is 1. The fourth-order valence-corrected chi connectivity index (χ4v) is 1.71. The van der Waals surface area contributed by atoms with E-state index < -0.39 is 0 Å². The standard InChI is InChI=1S/C12H19N3O2/c1-8-11(9(2)17-14-8)7-15(3)12(16)6-13-10-4-5-10/h10,13H,4-7H2,1-3H3. The number of carbonyl (C=O) groups excluding carboxylic acids is 1. The molecular formula is C12H19N3O2. The summed E-state index contributed by atoms with van der Waals surface area (Å²) in [6.45, 7) is 4.75. The van der Waals surface area contributed by atoms with E-state index in [4.69, 9.17) is 4.52 Å². The van der Waals surface area contributed by atoms with Gasteiger partial charge in [0.15, 0.2) is 0 Å². The highest BCUT2D eigenvalue weighted by atomic mass is 16.5. The van der Waals surface area contributed by atoms with E-state index in [1.165, 1.54) is 12.8 Å². The van der Waals surface area contributed by atoms with E-state index in [0.29, 0.717) is 19.1 Å². The van der Waals surface area contributed by atoms with Gasteiger partial charge in [0.25, 0.3) is 0 Å². The summed E-state index contributed by atoms with van der Waals surface area (Å²) in [5, 5.41) is 7.10. The zero-order valence-corrected chi connectivity index (χ0v) is 10.6. The zero-order chi connectivity index (χ0) is 12.4. The van der Waals surface area contributed by atoms with Crippen molar-refractivity contribution in [1.82, 2.24) is 15.4 Å². The number of likely N-dealkylation sites (N-methyl/N-ethyl adjacent to an activating group) is 1. The van der Waals surface area contributed by atoms with Crippen molar-refractivity contribution in [2.24, 2.45) is 0 Å². The molecule has 1 amide bonds. The van der Waals surface area contributed by atoms with E-state index in [9.17, 15) is 4.79 Å². The molecule has 1 aromatic heterocycles. The number of rotatable bonds is 5. The molecular weight excluding hydrogens is 218 g/mol. The summed E-state index contributed by atoms with van der Waals surface area (Å²) in [7, 11) is 1.81. The first-order valence-corrected chi connectivity index (χ1v) is 5.97. The Morgan fingerprint density at radius 3 is 2.76 bits per heavy atom.